The molecule has 0 aromatic carbocycles. The Balaban J connectivity index is 2.34. The Kier molecular flexibility index (Phi) is 5.49. The molecule has 84 valence electrons. The molecule has 2 nitrogen and oxygen atoms in total. The van der Waals surface area contributed by atoms with Gasteiger partial charge in [-0.15, -0.1) is 0 Å². The maximum absolute atomic E-state index is 5.93. The van der Waals surface area contributed by atoms with Gasteiger partial charge in [0, 0.05) is 19.4 Å². The summed E-state index contributed by atoms with van der Waals surface area (Å²) in [4.78, 5) is 0. The van der Waals surface area contributed by atoms with Crippen molar-refractivity contribution in [3.8, 4) is 0 Å². The van der Waals surface area contributed by atoms with Crippen molar-refractivity contribution >= 4 is 0 Å². The number of rotatable bonds is 6. The number of hydrogen-bond acceptors (Lipinski definition) is 2. The lowest BCUT2D eigenvalue weighted by Crippen LogP contribution is -2.38. The molecule has 1 rings (SSSR count). The third-order valence-corrected chi connectivity index (χ3v) is 2.89. The van der Waals surface area contributed by atoms with Crippen LogP contribution in [0.3, 0.4) is 0 Å². The van der Waals surface area contributed by atoms with Crippen LogP contribution in [0.2, 0.25) is 0 Å². The van der Waals surface area contributed by atoms with Gasteiger partial charge in [0.1, 0.15) is 0 Å². The van der Waals surface area contributed by atoms with Gasteiger partial charge in [0.25, 0.3) is 0 Å². The van der Waals surface area contributed by atoms with Gasteiger partial charge < -0.3 is 9.47 Å². The van der Waals surface area contributed by atoms with E-state index < -0.39 is 0 Å². The molecule has 2 heteroatoms. The Labute approximate surface area is 88.0 Å². The first-order valence-electron chi connectivity index (χ1n) is 6.11. The molecule has 0 atom stereocenters. The molecule has 0 heterocycles. The van der Waals surface area contributed by atoms with E-state index in [4.69, 9.17) is 9.47 Å². The summed E-state index contributed by atoms with van der Waals surface area (Å²) in [5, 5.41) is 0. The Hall–Kier alpha value is -0.0800. The van der Waals surface area contributed by atoms with Gasteiger partial charge in [0.2, 0.25) is 0 Å². The first kappa shape index (κ1) is 12.0. The minimum Gasteiger partial charge on any atom is -0.350 e. The van der Waals surface area contributed by atoms with Gasteiger partial charge in [-0.3, -0.25) is 0 Å². The van der Waals surface area contributed by atoms with Gasteiger partial charge in [0.05, 0.1) is 6.61 Å². The van der Waals surface area contributed by atoms with Gasteiger partial charge in [-0.25, -0.2) is 0 Å². The van der Waals surface area contributed by atoms with Crippen LogP contribution in [0.15, 0.2) is 0 Å². The summed E-state index contributed by atoms with van der Waals surface area (Å²) in [5.74, 6) is -0.220. The van der Waals surface area contributed by atoms with Gasteiger partial charge in [-0.2, -0.15) is 0 Å². The molecule has 0 radical (unpaired) electrons. The summed E-state index contributed by atoms with van der Waals surface area (Å²) in [7, 11) is 0. The van der Waals surface area contributed by atoms with Crippen LogP contribution >= 0.6 is 0 Å². The zero-order chi connectivity index (χ0) is 10.3. The van der Waals surface area contributed by atoms with Crippen molar-refractivity contribution < 1.29 is 9.47 Å². The van der Waals surface area contributed by atoms with E-state index in [1.165, 1.54) is 25.7 Å². The topological polar surface area (TPSA) is 18.5 Å². The van der Waals surface area contributed by atoms with Crippen LogP contribution in [0.25, 0.3) is 0 Å². The summed E-state index contributed by atoms with van der Waals surface area (Å²) in [6, 6.07) is 0. The standard InChI is InChI=1S/C12H24O2/c1-3-5-11-14-12(13-4-2)9-7-6-8-10-12/h3-11H2,1-2H3. The molecule has 0 unspecified atom stereocenters. The molecule has 1 aliphatic carbocycles. The van der Waals surface area contributed by atoms with Crippen molar-refractivity contribution in [2.24, 2.45) is 0 Å². The fraction of sp³-hybridized carbons (Fsp3) is 1.00. The van der Waals surface area contributed by atoms with E-state index in [0.29, 0.717) is 0 Å². The second kappa shape index (κ2) is 6.41. The molecule has 1 aliphatic rings. The van der Waals surface area contributed by atoms with Crippen molar-refractivity contribution in [1.29, 1.82) is 0 Å². The van der Waals surface area contributed by atoms with Crippen LogP contribution in [0, 0.1) is 0 Å². The maximum Gasteiger partial charge on any atom is 0.168 e. The molecular formula is C12H24O2. The van der Waals surface area contributed by atoms with Crippen LogP contribution in [0.4, 0.5) is 0 Å². The third-order valence-electron chi connectivity index (χ3n) is 2.89. The second-order valence-corrected chi connectivity index (χ2v) is 4.11. The first-order valence-corrected chi connectivity index (χ1v) is 6.11. The molecule has 0 N–H and O–H groups in total. The molecule has 1 fully saturated rings. The summed E-state index contributed by atoms with van der Waals surface area (Å²) >= 11 is 0. The molecule has 0 amide bonds. The Morgan fingerprint density at radius 3 is 2.29 bits per heavy atom. The zero-order valence-electron chi connectivity index (χ0n) is 9.68. The van der Waals surface area contributed by atoms with Crippen LogP contribution in [0.1, 0.15) is 58.8 Å². The molecule has 0 aromatic heterocycles. The molecule has 0 spiro atoms. The third kappa shape index (κ3) is 3.58. The second-order valence-electron chi connectivity index (χ2n) is 4.11. The van der Waals surface area contributed by atoms with Crippen LogP contribution in [-0.4, -0.2) is 19.0 Å². The lowest BCUT2D eigenvalue weighted by molar-refractivity contribution is -0.250. The van der Waals surface area contributed by atoms with E-state index in [1.54, 1.807) is 0 Å². The Bertz CT molecular complexity index is 134. The Morgan fingerprint density at radius 2 is 1.71 bits per heavy atom. The van der Waals surface area contributed by atoms with Crippen LogP contribution in [0.5, 0.6) is 0 Å². The monoisotopic (exact) mass is 200 g/mol. The Morgan fingerprint density at radius 1 is 1.00 bits per heavy atom. The lowest BCUT2D eigenvalue weighted by Gasteiger charge is -2.36. The molecule has 0 bridgehead atoms. The minimum atomic E-state index is -0.220. The van der Waals surface area contributed by atoms with E-state index in [0.717, 1.165) is 32.5 Å². The van der Waals surface area contributed by atoms with Crippen molar-refractivity contribution in [1.82, 2.24) is 0 Å². The van der Waals surface area contributed by atoms with E-state index >= 15 is 0 Å². The predicted octanol–water partition coefficient (Wildman–Crippen LogP) is 3.50. The SMILES string of the molecule is CCCCOC1(OCC)CCCCC1. The predicted molar refractivity (Wildman–Crippen MR) is 58.3 cm³/mol. The highest BCUT2D eigenvalue weighted by Crippen LogP contribution is 2.32. The summed E-state index contributed by atoms with van der Waals surface area (Å²) in [6.45, 7) is 5.87. The van der Waals surface area contributed by atoms with Gasteiger partial charge >= 0.3 is 0 Å². The normalized spacial score (nSPS) is 21.0. The van der Waals surface area contributed by atoms with E-state index in [2.05, 4.69) is 13.8 Å². The molecule has 14 heavy (non-hydrogen) atoms. The van der Waals surface area contributed by atoms with Gasteiger partial charge in [0.15, 0.2) is 5.79 Å². The average Bonchev–Trinajstić information content (AvgIpc) is 2.20. The fourth-order valence-electron chi connectivity index (χ4n) is 2.09. The van der Waals surface area contributed by atoms with Crippen molar-refractivity contribution in [2.75, 3.05) is 13.2 Å². The minimum absolute atomic E-state index is 0.220. The molecular weight excluding hydrogens is 176 g/mol. The largest absolute Gasteiger partial charge is 0.350 e. The maximum atomic E-state index is 5.93. The first-order chi connectivity index (χ1) is 6.83. The van der Waals surface area contributed by atoms with Crippen LogP contribution in [-0.2, 0) is 9.47 Å². The lowest BCUT2D eigenvalue weighted by atomic mass is 9.94. The number of ether oxygens (including phenoxy) is 2. The summed E-state index contributed by atoms with van der Waals surface area (Å²) < 4.78 is 11.7. The van der Waals surface area contributed by atoms with E-state index in [9.17, 15) is 0 Å². The fourth-order valence-corrected chi connectivity index (χ4v) is 2.09. The van der Waals surface area contributed by atoms with E-state index in [1.807, 2.05) is 0 Å². The quantitative estimate of drug-likeness (QED) is 0.482. The van der Waals surface area contributed by atoms with Crippen LogP contribution < -0.4 is 0 Å². The van der Waals surface area contributed by atoms with Gasteiger partial charge in [-0.1, -0.05) is 19.8 Å². The van der Waals surface area contributed by atoms with Crippen molar-refractivity contribution in [3.63, 3.8) is 0 Å². The highest BCUT2D eigenvalue weighted by Gasteiger charge is 2.33. The molecule has 0 saturated heterocycles. The molecule has 0 aromatic rings. The van der Waals surface area contributed by atoms with E-state index in [-0.39, 0.29) is 5.79 Å². The van der Waals surface area contributed by atoms with Gasteiger partial charge in [-0.05, 0) is 26.2 Å². The average molecular weight is 200 g/mol. The summed E-state index contributed by atoms with van der Waals surface area (Å²) in [6.07, 6.45) is 8.37. The molecule has 1 saturated carbocycles. The van der Waals surface area contributed by atoms with Crippen molar-refractivity contribution in [2.45, 2.75) is 64.6 Å². The number of hydrogen-bond donors (Lipinski definition) is 0. The number of unbranched alkanes of at least 4 members (excludes halogenated alkanes) is 1. The van der Waals surface area contributed by atoms with Crippen molar-refractivity contribution in [3.05, 3.63) is 0 Å². The highest BCUT2D eigenvalue weighted by atomic mass is 16.7. The molecule has 0 aliphatic heterocycles. The smallest absolute Gasteiger partial charge is 0.168 e. The highest BCUT2D eigenvalue weighted by molar-refractivity contribution is 4.75. The zero-order valence-corrected chi connectivity index (χ0v) is 9.68. The summed E-state index contributed by atoms with van der Waals surface area (Å²) in [5.41, 5.74) is 0.